The van der Waals surface area contributed by atoms with Crippen molar-refractivity contribution in [2.24, 2.45) is 11.8 Å². The van der Waals surface area contributed by atoms with Crippen LogP contribution in [0.15, 0.2) is 53.4 Å². The molecule has 1 aliphatic heterocycles. The van der Waals surface area contributed by atoms with Gasteiger partial charge in [-0.1, -0.05) is 19.1 Å². The maximum absolute atomic E-state index is 11.5. The van der Waals surface area contributed by atoms with E-state index in [9.17, 15) is 13.5 Å². The fourth-order valence-electron chi connectivity index (χ4n) is 3.66. The van der Waals surface area contributed by atoms with Crippen LogP contribution in [-0.2, 0) is 9.84 Å². The summed E-state index contributed by atoms with van der Waals surface area (Å²) in [7, 11) is -3.21. The Bertz CT molecular complexity index is 983. The highest BCUT2D eigenvalue weighted by molar-refractivity contribution is 7.90. The van der Waals surface area contributed by atoms with E-state index in [0.29, 0.717) is 36.3 Å². The predicted molar refractivity (Wildman–Crippen MR) is 110 cm³/mol. The van der Waals surface area contributed by atoms with E-state index in [4.69, 9.17) is 10.00 Å². The number of benzene rings is 2. The highest BCUT2D eigenvalue weighted by atomic mass is 32.2. The lowest BCUT2D eigenvalue weighted by atomic mass is 9.99. The lowest BCUT2D eigenvalue weighted by Crippen LogP contribution is -2.27. The first-order valence-corrected chi connectivity index (χ1v) is 11.5. The number of rotatable bonds is 7. The Morgan fingerprint density at radius 2 is 1.97 bits per heavy atom. The van der Waals surface area contributed by atoms with Crippen molar-refractivity contribution in [3.05, 3.63) is 59.7 Å². The Hall–Kier alpha value is -2.40. The third-order valence-electron chi connectivity index (χ3n) is 5.39. The summed E-state index contributed by atoms with van der Waals surface area (Å²) in [4.78, 5) is 2.49. The molecule has 6 nitrogen and oxygen atoms in total. The van der Waals surface area contributed by atoms with Crippen LogP contribution in [0.5, 0.6) is 5.75 Å². The van der Waals surface area contributed by atoms with Crippen molar-refractivity contribution >= 4 is 9.84 Å². The predicted octanol–water partition coefficient (Wildman–Crippen LogP) is 2.64. The molecule has 0 amide bonds. The van der Waals surface area contributed by atoms with Gasteiger partial charge >= 0.3 is 0 Å². The van der Waals surface area contributed by atoms with Gasteiger partial charge in [-0.3, -0.25) is 4.90 Å². The van der Waals surface area contributed by atoms with Crippen molar-refractivity contribution < 1.29 is 18.3 Å². The lowest BCUT2D eigenvalue weighted by Gasteiger charge is -2.20. The van der Waals surface area contributed by atoms with Gasteiger partial charge in [0.1, 0.15) is 5.75 Å². The molecule has 1 fully saturated rings. The maximum atomic E-state index is 11.5. The van der Waals surface area contributed by atoms with Gasteiger partial charge in [0.15, 0.2) is 9.84 Å². The molecule has 0 aromatic heterocycles. The maximum Gasteiger partial charge on any atom is 0.175 e. The van der Waals surface area contributed by atoms with Gasteiger partial charge < -0.3 is 9.84 Å². The molecule has 3 atom stereocenters. The summed E-state index contributed by atoms with van der Waals surface area (Å²) in [5.74, 6) is 1.39. The van der Waals surface area contributed by atoms with E-state index in [-0.39, 0.29) is 4.90 Å². The van der Waals surface area contributed by atoms with Gasteiger partial charge in [-0.05, 0) is 47.9 Å². The molecule has 0 aliphatic carbocycles. The molecular weight excluding hydrogens is 388 g/mol. The van der Waals surface area contributed by atoms with Gasteiger partial charge in [-0.15, -0.1) is 0 Å². The Morgan fingerprint density at radius 3 is 2.62 bits per heavy atom. The summed E-state index contributed by atoms with van der Waals surface area (Å²) < 4.78 is 28.9. The van der Waals surface area contributed by atoms with Gasteiger partial charge in [0, 0.05) is 31.8 Å². The number of nitrogens with zero attached hydrogens (tertiary/aromatic N) is 2. The van der Waals surface area contributed by atoms with Crippen LogP contribution < -0.4 is 4.74 Å². The summed E-state index contributed by atoms with van der Waals surface area (Å²) >= 11 is 0. The van der Waals surface area contributed by atoms with Gasteiger partial charge in [0.2, 0.25) is 0 Å². The minimum Gasteiger partial charge on any atom is -0.493 e. The lowest BCUT2D eigenvalue weighted by molar-refractivity contribution is 0.121. The van der Waals surface area contributed by atoms with Crippen molar-refractivity contribution in [2.45, 2.75) is 17.9 Å². The van der Waals surface area contributed by atoms with Crippen LogP contribution in [-0.4, -0.2) is 50.9 Å². The van der Waals surface area contributed by atoms with Crippen LogP contribution in [0, 0.1) is 23.2 Å². The molecule has 0 saturated carbocycles. The normalized spacial score (nSPS) is 20.9. The van der Waals surface area contributed by atoms with Crippen molar-refractivity contribution in [3.8, 4) is 11.8 Å². The molecule has 1 aliphatic rings. The minimum atomic E-state index is -3.21. The second kappa shape index (κ2) is 8.95. The number of aliphatic hydroxyl groups excluding tert-OH is 1. The average Bonchev–Trinajstić information content (AvgIpc) is 3.05. The molecule has 7 heteroatoms. The van der Waals surface area contributed by atoms with Crippen molar-refractivity contribution in [2.75, 3.05) is 32.5 Å². The third kappa shape index (κ3) is 5.57. The fourth-order valence-corrected chi connectivity index (χ4v) is 4.29. The van der Waals surface area contributed by atoms with Crippen LogP contribution in [0.2, 0.25) is 0 Å². The monoisotopic (exact) mass is 414 g/mol. The van der Waals surface area contributed by atoms with Crippen LogP contribution in [0.1, 0.15) is 24.2 Å². The van der Waals surface area contributed by atoms with Gasteiger partial charge in [-0.25, -0.2) is 8.42 Å². The smallest absolute Gasteiger partial charge is 0.175 e. The van der Waals surface area contributed by atoms with Crippen molar-refractivity contribution in [1.29, 1.82) is 5.26 Å². The number of β-amino-alcohol motifs (C(OH)–C–C–N with tert-alkyl or cyclic N) is 1. The Balaban J connectivity index is 1.53. The summed E-state index contributed by atoms with van der Waals surface area (Å²) in [5.41, 5.74) is 1.30. The van der Waals surface area contributed by atoms with Crippen LogP contribution in [0.4, 0.5) is 0 Å². The Kier molecular flexibility index (Phi) is 6.58. The van der Waals surface area contributed by atoms with E-state index in [1.165, 1.54) is 6.26 Å². The number of hydrogen-bond donors (Lipinski definition) is 1. The summed E-state index contributed by atoms with van der Waals surface area (Å²) in [6, 6.07) is 15.7. The number of aliphatic hydroxyl groups is 1. The average molecular weight is 415 g/mol. The standard InChI is InChI=1S/C22H26N2O4S/c1-16-12-24(14-22(25)18-5-3-4-17(10-18)11-23)13-19(16)15-28-20-6-8-21(9-7-20)29(2,26)27/h3-10,16,19,22,25H,12-15H2,1-2H3/t16-,19+,22+/m1/s1. The van der Waals surface area contributed by atoms with Crippen molar-refractivity contribution in [3.63, 3.8) is 0 Å². The number of likely N-dealkylation sites (tertiary alicyclic amines) is 1. The van der Waals surface area contributed by atoms with Gasteiger partial charge in [-0.2, -0.15) is 5.26 Å². The first kappa shape index (κ1) is 21.3. The molecule has 1 N–H and O–H groups in total. The minimum absolute atomic E-state index is 0.278. The molecule has 1 saturated heterocycles. The first-order valence-electron chi connectivity index (χ1n) is 9.59. The molecule has 2 aromatic carbocycles. The molecule has 0 bridgehead atoms. The number of sulfone groups is 1. The quantitative estimate of drug-likeness (QED) is 0.749. The Labute approximate surface area is 172 Å². The summed E-state index contributed by atoms with van der Waals surface area (Å²) in [5, 5.41) is 19.6. The van der Waals surface area contributed by atoms with E-state index in [0.717, 1.165) is 18.7 Å². The molecule has 29 heavy (non-hydrogen) atoms. The highest BCUT2D eigenvalue weighted by Gasteiger charge is 2.31. The van der Waals surface area contributed by atoms with Crippen LogP contribution in [0.3, 0.4) is 0 Å². The molecule has 2 aromatic rings. The second-order valence-electron chi connectivity index (χ2n) is 7.76. The molecule has 3 rings (SSSR count). The highest BCUT2D eigenvalue weighted by Crippen LogP contribution is 2.27. The van der Waals surface area contributed by atoms with Gasteiger partial charge in [0.25, 0.3) is 0 Å². The number of ether oxygens (including phenoxy) is 1. The van der Waals surface area contributed by atoms with E-state index in [2.05, 4.69) is 17.9 Å². The number of hydrogen-bond acceptors (Lipinski definition) is 6. The zero-order valence-corrected chi connectivity index (χ0v) is 17.5. The SMILES string of the molecule is C[C@@H]1CN(C[C@H](O)c2cccc(C#N)c2)C[C@H]1COc1ccc(S(C)(=O)=O)cc1. The zero-order valence-electron chi connectivity index (χ0n) is 16.7. The van der Waals surface area contributed by atoms with Crippen molar-refractivity contribution in [1.82, 2.24) is 4.90 Å². The molecule has 154 valence electrons. The number of nitriles is 1. The van der Waals surface area contributed by atoms with E-state index < -0.39 is 15.9 Å². The Morgan fingerprint density at radius 1 is 1.24 bits per heavy atom. The molecule has 0 unspecified atom stereocenters. The summed E-state index contributed by atoms with van der Waals surface area (Å²) in [6.45, 7) is 4.91. The van der Waals surface area contributed by atoms with E-state index >= 15 is 0 Å². The topological polar surface area (TPSA) is 90.6 Å². The largest absolute Gasteiger partial charge is 0.493 e. The molecule has 1 heterocycles. The van der Waals surface area contributed by atoms with Crippen LogP contribution >= 0.6 is 0 Å². The van der Waals surface area contributed by atoms with E-state index in [1.807, 2.05) is 6.07 Å². The van der Waals surface area contributed by atoms with Crippen LogP contribution in [0.25, 0.3) is 0 Å². The first-order chi connectivity index (χ1) is 13.8. The second-order valence-corrected chi connectivity index (χ2v) is 9.78. The third-order valence-corrected chi connectivity index (χ3v) is 6.52. The summed E-state index contributed by atoms with van der Waals surface area (Å²) in [6.07, 6.45) is 0.543. The van der Waals surface area contributed by atoms with E-state index in [1.54, 1.807) is 42.5 Å². The molecule has 0 radical (unpaired) electrons. The fraction of sp³-hybridized carbons (Fsp3) is 0.409. The molecule has 0 spiro atoms. The van der Waals surface area contributed by atoms with Gasteiger partial charge in [0.05, 0.1) is 29.2 Å². The zero-order chi connectivity index (χ0) is 21.0. The molecular formula is C22H26N2O4S.